The zero-order valence-corrected chi connectivity index (χ0v) is 9.95. The van der Waals surface area contributed by atoms with Crippen molar-refractivity contribution in [3.63, 3.8) is 0 Å². The van der Waals surface area contributed by atoms with E-state index < -0.39 is 9.28 Å². The molecule has 1 atom stereocenters. The van der Waals surface area contributed by atoms with Gasteiger partial charge >= 0.3 is 9.28 Å². The summed E-state index contributed by atoms with van der Waals surface area (Å²) in [5.41, 5.74) is 0. The summed E-state index contributed by atoms with van der Waals surface area (Å²) in [7, 11) is 0.440. The van der Waals surface area contributed by atoms with Gasteiger partial charge in [-0.25, -0.2) is 0 Å². The molecule has 1 unspecified atom stereocenters. The molecule has 0 N–H and O–H groups in total. The first kappa shape index (κ1) is 12.1. The first-order valence-electron chi connectivity index (χ1n) is 4.92. The maximum absolute atomic E-state index is 5.80. The molecule has 0 aliphatic rings. The van der Waals surface area contributed by atoms with Crippen LogP contribution in [0.2, 0.25) is 6.55 Å². The molecule has 3 heteroatoms. The zero-order chi connectivity index (χ0) is 9.40. The fourth-order valence-corrected chi connectivity index (χ4v) is 2.18. The third-order valence-corrected chi connectivity index (χ3v) is 3.37. The van der Waals surface area contributed by atoms with Crippen LogP contribution in [0.4, 0.5) is 0 Å². The van der Waals surface area contributed by atoms with Crippen LogP contribution in [0.25, 0.3) is 0 Å². The first-order chi connectivity index (χ1) is 5.74. The lowest BCUT2D eigenvalue weighted by Gasteiger charge is -2.19. The minimum Gasteiger partial charge on any atom is -0.400 e. The lowest BCUT2D eigenvalue weighted by atomic mass is 10.1. The lowest BCUT2D eigenvalue weighted by Crippen LogP contribution is -2.24. The Morgan fingerprint density at radius 1 is 1.17 bits per heavy atom. The third kappa shape index (κ3) is 5.74. The van der Waals surface area contributed by atoms with Crippen LogP contribution in [-0.4, -0.2) is 22.5 Å². The largest absolute Gasteiger partial charge is 0.400 e. The van der Waals surface area contributed by atoms with Crippen molar-refractivity contribution in [2.24, 2.45) is 0 Å². The molecule has 0 fully saturated rings. The minimum atomic E-state index is -1.30. The Bertz CT molecular complexity index is 92.5. The Morgan fingerprint density at radius 2 is 1.67 bits per heavy atom. The standard InChI is InChI=1S/C9H22O2Si/c1-5-7-9(8-6-2)11-12(4)10-3/h9,12H,5-8H2,1-4H3. The second-order valence-electron chi connectivity index (χ2n) is 3.14. The van der Waals surface area contributed by atoms with Gasteiger partial charge in [0.2, 0.25) is 0 Å². The summed E-state index contributed by atoms with van der Waals surface area (Å²) >= 11 is 0. The van der Waals surface area contributed by atoms with Gasteiger partial charge in [-0.1, -0.05) is 26.7 Å². The van der Waals surface area contributed by atoms with Crippen molar-refractivity contribution in [3.05, 3.63) is 0 Å². The van der Waals surface area contributed by atoms with Crippen LogP contribution in [0.15, 0.2) is 0 Å². The summed E-state index contributed by atoms with van der Waals surface area (Å²) in [5.74, 6) is 0. The van der Waals surface area contributed by atoms with Gasteiger partial charge in [0, 0.05) is 13.2 Å². The average molecular weight is 190 g/mol. The molecule has 12 heavy (non-hydrogen) atoms. The van der Waals surface area contributed by atoms with Crippen molar-refractivity contribution < 1.29 is 8.85 Å². The fourth-order valence-electron chi connectivity index (χ4n) is 1.25. The van der Waals surface area contributed by atoms with Gasteiger partial charge < -0.3 is 8.85 Å². The Balaban J connectivity index is 3.61. The van der Waals surface area contributed by atoms with Crippen molar-refractivity contribution in [3.8, 4) is 0 Å². The molecule has 0 aromatic rings. The second kappa shape index (κ2) is 7.77. The van der Waals surface area contributed by atoms with Crippen LogP contribution in [-0.2, 0) is 8.85 Å². The molecule has 0 heterocycles. The smallest absolute Gasteiger partial charge is 0.318 e. The van der Waals surface area contributed by atoms with E-state index in [2.05, 4.69) is 20.4 Å². The molecular formula is C9H22O2Si. The van der Waals surface area contributed by atoms with E-state index in [1.165, 1.54) is 25.7 Å². The first-order valence-corrected chi connectivity index (χ1v) is 7.02. The predicted molar refractivity (Wildman–Crippen MR) is 54.7 cm³/mol. The molecule has 0 saturated heterocycles. The van der Waals surface area contributed by atoms with Crippen LogP contribution in [0, 0.1) is 0 Å². The number of hydrogen-bond acceptors (Lipinski definition) is 2. The summed E-state index contributed by atoms with van der Waals surface area (Å²) in [5, 5.41) is 0. The summed E-state index contributed by atoms with van der Waals surface area (Å²) in [6.07, 6.45) is 5.20. The quantitative estimate of drug-likeness (QED) is 0.574. The lowest BCUT2D eigenvalue weighted by molar-refractivity contribution is 0.137. The Morgan fingerprint density at radius 3 is 2.00 bits per heavy atom. The molecule has 0 spiro atoms. The molecule has 74 valence electrons. The molecule has 0 bridgehead atoms. The molecule has 0 aromatic carbocycles. The molecule has 0 amide bonds. The van der Waals surface area contributed by atoms with E-state index in [1.54, 1.807) is 7.11 Å². The Kier molecular flexibility index (Phi) is 7.86. The molecule has 0 radical (unpaired) electrons. The monoisotopic (exact) mass is 190 g/mol. The van der Waals surface area contributed by atoms with Crippen molar-refractivity contribution in [1.82, 2.24) is 0 Å². The Hall–Kier alpha value is 0.137. The van der Waals surface area contributed by atoms with Crippen molar-refractivity contribution in [2.75, 3.05) is 7.11 Å². The SMILES string of the molecule is CCCC(CCC)O[SiH](C)OC. The van der Waals surface area contributed by atoms with Gasteiger partial charge in [-0.05, 0) is 19.4 Å². The summed E-state index contributed by atoms with van der Waals surface area (Å²) in [6.45, 7) is 6.48. The third-order valence-electron chi connectivity index (χ3n) is 1.94. The van der Waals surface area contributed by atoms with E-state index in [9.17, 15) is 0 Å². The molecular weight excluding hydrogens is 168 g/mol. The van der Waals surface area contributed by atoms with Gasteiger partial charge in [-0.15, -0.1) is 0 Å². The normalized spacial score (nSPS) is 13.8. The van der Waals surface area contributed by atoms with Crippen LogP contribution < -0.4 is 0 Å². The maximum atomic E-state index is 5.80. The molecule has 0 rings (SSSR count). The highest BCUT2D eigenvalue weighted by Gasteiger charge is 2.12. The topological polar surface area (TPSA) is 18.5 Å². The van der Waals surface area contributed by atoms with E-state index in [-0.39, 0.29) is 0 Å². The highest BCUT2D eigenvalue weighted by Crippen LogP contribution is 2.10. The molecule has 0 aliphatic carbocycles. The van der Waals surface area contributed by atoms with Crippen molar-refractivity contribution in [2.45, 2.75) is 52.2 Å². The van der Waals surface area contributed by atoms with E-state index in [0.717, 1.165) is 0 Å². The van der Waals surface area contributed by atoms with Crippen LogP contribution >= 0.6 is 0 Å². The van der Waals surface area contributed by atoms with E-state index in [1.807, 2.05) is 0 Å². The zero-order valence-electron chi connectivity index (χ0n) is 8.80. The summed E-state index contributed by atoms with van der Waals surface area (Å²) < 4.78 is 11.0. The molecule has 2 nitrogen and oxygen atoms in total. The molecule has 0 aliphatic heterocycles. The van der Waals surface area contributed by atoms with Gasteiger partial charge in [-0.2, -0.15) is 0 Å². The van der Waals surface area contributed by atoms with Gasteiger partial charge in [0.15, 0.2) is 0 Å². The fraction of sp³-hybridized carbons (Fsp3) is 1.00. The van der Waals surface area contributed by atoms with Crippen molar-refractivity contribution >= 4 is 9.28 Å². The predicted octanol–water partition coefficient (Wildman–Crippen LogP) is 2.47. The van der Waals surface area contributed by atoms with E-state index >= 15 is 0 Å². The van der Waals surface area contributed by atoms with E-state index in [0.29, 0.717) is 6.10 Å². The van der Waals surface area contributed by atoms with Crippen LogP contribution in [0.5, 0.6) is 0 Å². The average Bonchev–Trinajstić information content (AvgIpc) is 2.05. The van der Waals surface area contributed by atoms with Crippen LogP contribution in [0.3, 0.4) is 0 Å². The highest BCUT2D eigenvalue weighted by molar-refractivity contribution is 6.42. The van der Waals surface area contributed by atoms with Gasteiger partial charge in [-0.3, -0.25) is 0 Å². The summed E-state index contributed by atoms with van der Waals surface area (Å²) in [4.78, 5) is 0. The minimum absolute atomic E-state index is 0.446. The summed E-state index contributed by atoms with van der Waals surface area (Å²) in [6, 6.07) is 0. The molecule has 0 aromatic heterocycles. The number of rotatable bonds is 7. The highest BCUT2D eigenvalue weighted by atomic mass is 28.3. The van der Waals surface area contributed by atoms with Crippen LogP contribution in [0.1, 0.15) is 39.5 Å². The van der Waals surface area contributed by atoms with Gasteiger partial charge in [0.05, 0.1) is 0 Å². The van der Waals surface area contributed by atoms with Crippen molar-refractivity contribution in [1.29, 1.82) is 0 Å². The molecule has 0 saturated carbocycles. The maximum Gasteiger partial charge on any atom is 0.318 e. The Labute approximate surface area is 78.1 Å². The van der Waals surface area contributed by atoms with Gasteiger partial charge in [0.1, 0.15) is 0 Å². The number of hydrogen-bond donors (Lipinski definition) is 0. The van der Waals surface area contributed by atoms with Gasteiger partial charge in [0.25, 0.3) is 0 Å². The van der Waals surface area contributed by atoms with E-state index in [4.69, 9.17) is 8.85 Å². The second-order valence-corrected chi connectivity index (χ2v) is 5.02.